The van der Waals surface area contributed by atoms with Crippen LogP contribution in [0.1, 0.15) is 20.8 Å². The van der Waals surface area contributed by atoms with Crippen molar-refractivity contribution < 1.29 is 19.4 Å². The fourth-order valence-electron chi connectivity index (χ4n) is 4.22. The molecule has 0 spiro atoms. The molecule has 150 valence electrons. The van der Waals surface area contributed by atoms with Crippen molar-refractivity contribution in [3.8, 4) is 0 Å². The van der Waals surface area contributed by atoms with Crippen molar-refractivity contribution in [1.29, 1.82) is 0 Å². The lowest BCUT2D eigenvalue weighted by Gasteiger charge is -2.49. The van der Waals surface area contributed by atoms with Gasteiger partial charge in [-0.1, -0.05) is 81.4 Å². The standard InChI is InChI=1S/C22H29NO4Si/c1-22(2,3)28(18-10-6-4-7-11-18,19-12-8-5-9-13-19)27-16-20-17(15-24)14-23(20)21(25)26/h4-13,17,20,24H,14-16H2,1-3H3,(H,25,26)/t17-,20-/m0/s1. The summed E-state index contributed by atoms with van der Waals surface area (Å²) in [5.41, 5.74) is 0. The second-order valence-corrected chi connectivity index (χ2v) is 12.7. The Kier molecular flexibility index (Phi) is 5.93. The van der Waals surface area contributed by atoms with Crippen LogP contribution in [-0.2, 0) is 4.43 Å². The van der Waals surface area contributed by atoms with Crippen molar-refractivity contribution in [3.05, 3.63) is 60.7 Å². The summed E-state index contributed by atoms with van der Waals surface area (Å²) in [6.07, 6.45) is -0.958. The van der Waals surface area contributed by atoms with Crippen LogP contribution in [0.4, 0.5) is 4.79 Å². The summed E-state index contributed by atoms with van der Waals surface area (Å²) in [6.45, 7) is 7.19. The highest BCUT2D eigenvalue weighted by Crippen LogP contribution is 2.38. The van der Waals surface area contributed by atoms with Crippen LogP contribution in [0.5, 0.6) is 0 Å². The van der Waals surface area contributed by atoms with E-state index in [1.807, 2.05) is 36.4 Å². The quantitative estimate of drug-likeness (QED) is 0.733. The Balaban J connectivity index is 2.03. The van der Waals surface area contributed by atoms with Crippen molar-refractivity contribution in [2.24, 2.45) is 5.92 Å². The third-order valence-electron chi connectivity index (χ3n) is 5.74. The molecule has 0 radical (unpaired) electrons. The second-order valence-electron chi connectivity index (χ2n) is 8.42. The molecule has 2 aromatic rings. The number of hydrogen-bond acceptors (Lipinski definition) is 3. The highest BCUT2D eigenvalue weighted by molar-refractivity contribution is 6.99. The Morgan fingerprint density at radius 1 is 1.07 bits per heavy atom. The predicted octanol–water partition coefficient (Wildman–Crippen LogP) is 2.53. The first-order valence-corrected chi connectivity index (χ1v) is 11.6. The average Bonchev–Trinajstić information content (AvgIpc) is 2.65. The lowest BCUT2D eigenvalue weighted by atomic mass is 9.90. The van der Waals surface area contributed by atoms with Gasteiger partial charge in [-0.25, -0.2) is 4.79 Å². The Bertz CT molecular complexity index is 752. The second kappa shape index (κ2) is 8.07. The van der Waals surface area contributed by atoms with E-state index in [1.165, 1.54) is 4.90 Å². The van der Waals surface area contributed by atoms with E-state index in [0.29, 0.717) is 6.54 Å². The van der Waals surface area contributed by atoms with E-state index in [9.17, 15) is 15.0 Å². The molecule has 1 aliphatic heterocycles. The van der Waals surface area contributed by atoms with Crippen molar-refractivity contribution in [3.63, 3.8) is 0 Å². The van der Waals surface area contributed by atoms with E-state index >= 15 is 0 Å². The summed E-state index contributed by atoms with van der Waals surface area (Å²) in [6, 6.07) is 20.2. The zero-order chi connectivity index (χ0) is 20.4. The molecule has 0 saturated carbocycles. The molecule has 1 amide bonds. The molecule has 1 aliphatic rings. The van der Waals surface area contributed by atoms with Gasteiger partial charge in [-0.3, -0.25) is 0 Å². The van der Waals surface area contributed by atoms with Gasteiger partial charge in [-0.15, -0.1) is 0 Å². The van der Waals surface area contributed by atoms with Gasteiger partial charge < -0.3 is 19.5 Å². The topological polar surface area (TPSA) is 70.0 Å². The summed E-state index contributed by atoms with van der Waals surface area (Å²) in [5.74, 6) is -0.0747. The van der Waals surface area contributed by atoms with Crippen LogP contribution < -0.4 is 10.4 Å². The number of aliphatic hydroxyl groups is 1. The zero-order valence-corrected chi connectivity index (χ0v) is 17.7. The molecule has 6 heteroatoms. The molecular weight excluding hydrogens is 370 g/mol. The molecule has 0 unspecified atom stereocenters. The summed E-state index contributed by atoms with van der Waals surface area (Å²) in [5, 5.41) is 21.2. The molecule has 2 N–H and O–H groups in total. The number of carboxylic acid groups (broad SMARTS) is 1. The van der Waals surface area contributed by atoms with Crippen LogP contribution in [0.2, 0.25) is 5.04 Å². The normalized spacial score (nSPS) is 19.9. The fourth-order valence-corrected chi connectivity index (χ4v) is 8.80. The molecule has 0 aliphatic carbocycles. The van der Waals surface area contributed by atoms with Gasteiger partial charge in [0.2, 0.25) is 0 Å². The number of nitrogens with zero attached hydrogens (tertiary/aromatic N) is 1. The highest BCUT2D eigenvalue weighted by Gasteiger charge is 2.52. The monoisotopic (exact) mass is 399 g/mol. The van der Waals surface area contributed by atoms with Gasteiger partial charge in [0.15, 0.2) is 0 Å². The first-order chi connectivity index (χ1) is 13.3. The summed E-state index contributed by atoms with van der Waals surface area (Å²) in [4.78, 5) is 12.9. The lowest BCUT2D eigenvalue weighted by molar-refractivity contribution is -0.0263. The molecule has 1 heterocycles. The third-order valence-corrected chi connectivity index (χ3v) is 10.7. The Morgan fingerprint density at radius 3 is 1.96 bits per heavy atom. The smallest absolute Gasteiger partial charge is 0.407 e. The number of aliphatic hydroxyl groups excluding tert-OH is 1. The minimum absolute atomic E-state index is 0.0292. The van der Waals surface area contributed by atoms with E-state index in [-0.39, 0.29) is 30.2 Å². The third kappa shape index (κ3) is 3.59. The SMILES string of the molecule is CC(C)(C)[Si](OC[C@H]1[C@H](CO)CN1C(=O)O)(c1ccccc1)c1ccccc1. The van der Waals surface area contributed by atoms with E-state index < -0.39 is 14.4 Å². The van der Waals surface area contributed by atoms with Crippen LogP contribution in [0, 0.1) is 5.92 Å². The molecule has 1 fully saturated rings. The molecule has 1 saturated heterocycles. The van der Waals surface area contributed by atoms with Gasteiger partial charge in [-0.05, 0) is 15.4 Å². The van der Waals surface area contributed by atoms with Crippen molar-refractivity contribution >= 4 is 24.8 Å². The lowest BCUT2D eigenvalue weighted by Crippen LogP contribution is -2.69. The molecule has 2 aromatic carbocycles. The van der Waals surface area contributed by atoms with E-state index in [2.05, 4.69) is 45.0 Å². The summed E-state index contributed by atoms with van der Waals surface area (Å²) >= 11 is 0. The number of carbonyl (C=O) groups is 1. The van der Waals surface area contributed by atoms with Crippen molar-refractivity contribution in [1.82, 2.24) is 4.90 Å². The highest BCUT2D eigenvalue weighted by atomic mass is 28.4. The zero-order valence-electron chi connectivity index (χ0n) is 16.7. The Hall–Kier alpha value is -2.15. The predicted molar refractivity (Wildman–Crippen MR) is 113 cm³/mol. The van der Waals surface area contributed by atoms with Crippen LogP contribution in [0.3, 0.4) is 0 Å². The molecular formula is C22H29NO4Si. The molecule has 5 nitrogen and oxygen atoms in total. The van der Waals surface area contributed by atoms with E-state index in [4.69, 9.17) is 4.43 Å². The number of benzene rings is 2. The number of rotatable bonds is 6. The molecule has 0 aromatic heterocycles. The van der Waals surface area contributed by atoms with Gasteiger partial charge >= 0.3 is 6.09 Å². The minimum Gasteiger partial charge on any atom is -0.465 e. The maximum absolute atomic E-state index is 11.5. The number of hydrogen-bond donors (Lipinski definition) is 2. The van der Waals surface area contributed by atoms with E-state index in [0.717, 1.165) is 10.4 Å². The molecule has 28 heavy (non-hydrogen) atoms. The average molecular weight is 400 g/mol. The van der Waals surface area contributed by atoms with Crippen molar-refractivity contribution in [2.75, 3.05) is 19.8 Å². The van der Waals surface area contributed by atoms with E-state index in [1.54, 1.807) is 0 Å². The van der Waals surface area contributed by atoms with Gasteiger partial charge in [0.05, 0.1) is 12.6 Å². The number of amides is 1. The van der Waals surface area contributed by atoms with Gasteiger partial charge in [0.1, 0.15) is 0 Å². The molecule has 0 bridgehead atoms. The van der Waals surface area contributed by atoms with Crippen LogP contribution in [-0.4, -0.2) is 55.3 Å². The summed E-state index contributed by atoms with van der Waals surface area (Å²) < 4.78 is 6.81. The van der Waals surface area contributed by atoms with Crippen molar-refractivity contribution in [2.45, 2.75) is 31.9 Å². The van der Waals surface area contributed by atoms with Crippen LogP contribution in [0.25, 0.3) is 0 Å². The molecule has 3 rings (SSSR count). The minimum atomic E-state index is -2.70. The Morgan fingerprint density at radius 2 is 1.57 bits per heavy atom. The summed E-state index contributed by atoms with van der Waals surface area (Å²) in [7, 11) is -2.70. The largest absolute Gasteiger partial charge is 0.465 e. The maximum atomic E-state index is 11.5. The molecule has 2 atom stereocenters. The maximum Gasteiger partial charge on any atom is 0.407 e. The first kappa shape index (κ1) is 20.6. The van der Waals surface area contributed by atoms with Crippen LogP contribution >= 0.6 is 0 Å². The number of likely N-dealkylation sites (tertiary alicyclic amines) is 1. The van der Waals surface area contributed by atoms with Gasteiger partial charge in [0.25, 0.3) is 8.32 Å². The first-order valence-electron chi connectivity index (χ1n) is 9.66. The Labute approximate surface area is 167 Å². The fraction of sp³-hybridized carbons (Fsp3) is 0.409. The van der Waals surface area contributed by atoms with Gasteiger partial charge in [-0.2, -0.15) is 0 Å². The van der Waals surface area contributed by atoms with Gasteiger partial charge in [0, 0.05) is 19.1 Å². The van der Waals surface area contributed by atoms with Crippen LogP contribution in [0.15, 0.2) is 60.7 Å².